The van der Waals surface area contributed by atoms with Crippen molar-refractivity contribution in [2.45, 2.75) is 48.6 Å². The lowest BCUT2D eigenvalue weighted by atomic mass is 10.2. The first-order chi connectivity index (χ1) is 21.3. The highest BCUT2D eigenvalue weighted by atomic mass is 32.2. The van der Waals surface area contributed by atoms with Gasteiger partial charge in [0.2, 0.25) is 11.8 Å². The Morgan fingerprint density at radius 3 is 1.30 bits per heavy atom. The number of methoxy groups -OCH3 is 2. The number of hydrazine groups is 1. The molecular weight excluding hydrogens is 689 g/mol. The van der Waals surface area contributed by atoms with Gasteiger partial charge in [-0.05, 0) is 49.2 Å². The van der Waals surface area contributed by atoms with Crippen molar-refractivity contribution in [3.8, 4) is 11.5 Å². The Balaban J connectivity index is 2.05. The highest BCUT2D eigenvalue weighted by Gasteiger charge is 2.52. The molecule has 2 aromatic rings. The summed E-state index contributed by atoms with van der Waals surface area (Å²) in [4.78, 5) is 22.3. The maximum atomic E-state index is 14.7. The SMILES string of the molecule is COc1ccc(NC(C)=O)cc1S(=O)(=O)N([C@@H]1CCS(=O)(=O)C1)N([C@H]1CCS(=O)(=O)C1)S(=O)(=O)c1cc(NC(C)=O)ccc1OC. The van der Waals surface area contributed by atoms with Crippen LogP contribution in [-0.2, 0) is 49.3 Å². The molecule has 2 atom stereocenters. The number of rotatable bonds is 11. The Kier molecular flexibility index (Phi) is 10.1. The molecule has 2 heterocycles. The molecule has 2 N–H and O–H groups in total. The lowest BCUT2D eigenvalue weighted by Crippen LogP contribution is -2.58. The Bertz CT molecular complexity index is 1840. The fraction of sp³-hybridized carbons (Fsp3) is 0.462. The molecular formula is C26H34N4O12S4. The van der Waals surface area contributed by atoms with Crippen molar-refractivity contribution in [2.24, 2.45) is 0 Å². The summed E-state index contributed by atoms with van der Waals surface area (Å²) >= 11 is 0. The van der Waals surface area contributed by atoms with Crippen LogP contribution in [-0.4, -0.2) is 104 Å². The van der Waals surface area contributed by atoms with Crippen LogP contribution in [0, 0.1) is 0 Å². The van der Waals surface area contributed by atoms with Gasteiger partial charge in [0.1, 0.15) is 21.3 Å². The van der Waals surface area contributed by atoms with Crippen LogP contribution in [0.4, 0.5) is 11.4 Å². The first-order valence-electron chi connectivity index (χ1n) is 13.7. The predicted octanol–water partition coefficient (Wildman–Crippen LogP) is 0.591. The third kappa shape index (κ3) is 7.46. The maximum absolute atomic E-state index is 14.7. The lowest BCUT2D eigenvalue weighted by molar-refractivity contribution is -0.115. The summed E-state index contributed by atoms with van der Waals surface area (Å²) in [6, 6.07) is 4.21. The quantitative estimate of drug-likeness (QED) is 0.305. The minimum Gasteiger partial charge on any atom is -0.495 e. The third-order valence-corrected chi connectivity index (χ3v) is 14.5. The van der Waals surface area contributed by atoms with E-state index >= 15 is 0 Å². The van der Waals surface area contributed by atoms with E-state index < -0.39 is 96.4 Å². The van der Waals surface area contributed by atoms with Gasteiger partial charge < -0.3 is 20.1 Å². The van der Waals surface area contributed by atoms with Crippen molar-refractivity contribution < 1.29 is 52.7 Å². The van der Waals surface area contributed by atoms with Gasteiger partial charge >= 0.3 is 0 Å². The molecule has 0 spiro atoms. The van der Waals surface area contributed by atoms with Gasteiger partial charge in [0.05, 0.1) is 49.3 Å². The van der Waals surface area contributed by atoms with E-state index in [1.807, 2.05) is 0 Å². The Morgan fingerprint density at radius 2 is 1.04 bits per heavy atom. The van der Waals surface area contributed by atoms with Crippen molar-refractivity contribution in [3.05, 3.63) is 36.4 Å². The number of anilines is 2. The van der Waals surface area contributed by atoms with E-state index in [1.54, 1.807) is 0 Å². The molecule has 0 unspecified atom stereocenters. The molecule has 0 aromatic heterocycles. The summed E-state index contributed by atoms with van der Waals surface area (Å²) in [5.74, 6) is -4.08. The molecule has 4 rings (SSSR count). The normalized spacial score (nSPS) is 20.8. The summed E-state index contributed by atoms with van der Waals surface area (Å²) < 4.78 is 121. The molecule has 2 saturated heterocycles. The molecule has 0 bridgehead atoms. The van der Waals surface area contributed by atoms with Crippen LogP contribution in [0.25, 0.3) is 0 Å². The Labute approximate surface area is 267 Å². The Morgan fingerprint density at radius 1 is 0.696 bits per heavy atom. The summed E-state index contributed by atoms with van der Waals surface area (Å²) in [6.07, 6.45) is -0.631. The first kappa shape index (κ1) is 35.6. The number of hydrogen-bond donors (Lipinski definition) is 2. The minimum atomic E-state index is -5.12. The zero-order chi connectivity index (χ0) is 34.2. The van der Waals surface area contributed by atoms with Gasteiger partial charge in [0, 0.05) is 25.2 Å². The second-order valence-corrected chi connectivity index (χ2v) is 18.7. The van der Waals surface area contributed by atoms with E-state index in [2.05, 4.69) is 10.6 Å². The maximum Gasteiger partial charge on any atom is 0.260 e. The third-order valence-electron chi connectivity index (χ3n) is 7.25. The monoisotopic (exact) mass is 722 g/mol. The molecule has 0 aliphatic carbocycles. The first-order valence-corrected chi connectivity index (χ1v) is 20.2. The van der Waals surface area contributed by atoms with Crippen LogP contribution in [0.15, 0.2) is 46.2 Å². The molecule has 0 saturated carbocycles. The van der Waals surface area contributed by atoms with E-state index in [9.17, 15) is 43.3 Å². The zero-order valence-electron chi connectivity index (χ0n) is 25.3. The summed E-state index contributed by atoms with van der Waals surface area (Å²) in [6.45, 7) is 2.37. The molecule has 2 aliphatic heterocycles. The molecule has 16 nitrogen and oxygen atoms in total. The van der Waals surface area contributed by atoms with Gasteiger partial charge in [-0.15, -0.1) is 8.83 Å². The fourth-order valence-corrected chi connectivity index (χ4v) is 13.0. The van der Waals surface area contributed by atoms with E-state index in [4.69, 9.17) is 9.47 Å². The van der Waals surface area contributed by atoms with E-state index in [0.717, 1.165) is 26.4 Å². The number of sulfonamides is 2. The average molecular weight is 723 g/mol. The predicted molar refractivity (Wildman–Crippen MR) is 167 cm³/mol. The van der Waals surface area contributed by atoms with Crippen LogP contribution in [0.5, 0.6) is 11.5 Å². The number of hydrogen-bond acceptors (Lipinski definition) is 12. The number of ether oxygens (including phenoxy) is 2. The number of sulfone groups is 2. The Hall–Kier alpha value is -3.30. The molecule has 46 heavy (non-hydrogen) atoms. The van der Waals surface area contributed by atoms with E-state index in [1.165, 1.54) is 38.1 Å². The number of benzene rings is 2. The van der Waals surface area contributed by atoms with Crippen molar-refractivity contribution >= 4 is 62.9 Å². The highest BCUT2D eigenvalue weighted by Crippen LogP contribution is 2.40. The van der Waals surface area contributed by atoms with Crippen molar-refractivity contribution in [3.63, 3.8) is 0 Å². The van der Waals surface area contributed by atoms with Crippen molar-refractivity contribution in [2.75, 3.05) is 47.9 Å². The fourth-order valence-electron chi connectivity index (χ4n) is 5.35. The highest BCUT2D eigenvalue weighted by molar-refractivity contribution is 7.93. The van der Waals surface area contributed by atoms with Gasteiger partial charge in [-0.25, -0.2) is 33.7 Å². The van der Waals surface area contributed by atoms with Crippen LogP contribution in [0.3, 0.4) is 0 Å². The molecule has 20 heteroatoms. The second-order valence-electron chi connectivity index (χ2n) is 10.8. The zero-order valence-corrected chi connectivity index (χ0v) is 28.6. The van der Waals surface area contributed by atoms with Crippen LogP contribution in [0.1, 0.15) is 26.7 Å². The standard InChI is InChI=1S/C26H34N4O12S4/c1-17(31)27-19-5-7-23(41-3)25(13-19)45(37,38)29(21-9-11-43(33,34)15-21)30(22-10-12-44(35,36)16-22)46(39,40)26-14-20(28-18(2)32)6-8-24(26)42-4/h5-8,13-14,21-22H,9-12,15-16H2,1-4H3,(H,27,31)(H,28,32)/t21-,22+. The van der Waals surface area contributed by atoms with Crippen LogP contribution < -0.4 is 20.1 Å². The van der Waals surface area contributed by atoms with E-state index in [-0.39, 0.29) is 35.7 Å². The second kappa shape index (κ2) is 13.1. The van der Waals surface area contributed by atoms with Crippen molar-refractivity contribution in [1.29, 1.82) is 0 Å². The van der Waals surface area contributed by atoms with Gasteiger partial charge in [0.25, 0.3) is 20.0 Å². The van der Waals surface area contributed by atoms with Crippen LogP contribution >= 0.6 is 0 Å². The summed E-state index contributed by atoms with van der Waals surface area (Å²) in [7, 11) is -15.6. The molecule has 2 fully saturated rings. The molecule has 254 valence electrons. The summed E-state index contributed by atoms with van der Waals surface area (Å²) in [5, 5.41) is 4.89. The average Bonchev–Trinajstić information content (AvgIpc) is 3.50. The van der Waals surface area contributed by atoms with Crippen molar-refractivity contribution in [1.82, 2.24) is 8.83 Å². The lowest BCUT2D eigenvalue weighted by Gasteiger charge is -2.39. The van der Waals surface area contributed by atoms with E-state index in [0.29, 0.717) is 8.83 Å². The topological polar surface area (TPSA) is 220 Å². The number of carbonyl (C=O) groups is 2. The smallest absolute Gasteiger partial charge is 0.260 e. The van der Waals surface area contributed by atoms with Gasteiger partial charge in [-0.3, -0.25) is 9.59 Å². The number of nitrogens with one attached hydrogen (secondary N) is 2. The largest absolute Gasteiger partial charge is 0.495 e. The van der Waals surface area contributed by atoms with Gasteiger partial charge in [-0.1, -0.05) is 0 Å². The summed E-state index contributed by atoms with van der Waals surface area (Å²) in [5.41, 5.74) is 0.0156. The van der Waals surface area contributed by atoms with Crippen LogP contribution in [0.2, 0.25) is 0 Å². The number of amides is 2. The number of carbonyl (C=O) groups excluding carboxylic acids is 2. The molecule has 2 aliphatic rings. The molecule has 2 aromatic carbocycles. The minimum absolute atomic E-state index is 0.00778. The molecule has 2 amide bonds. The van der Waals surface area contributed by atoms with Gasteiger partial charge in [-0.2, -0.15) is 0 Å². The van der Waals surface area contributed by atoms with Gasteiger partial charge in [0.15, 0.2) is 19.7 Å². The number of nitrogens with zero attached hydrogens (tertiary/aromatic N) is 2. The molecule has 0 radical (unpaired) electrons.